The lowest BCUT2D eigenvalue weighted by molar-refractivity contribution is 0.0318. The molecule has 1 unspecified atom stereocenters. The van der Waals surface area contributed by atoms with Crippen LogP contribution < -0.4 is 5.73 Å². The lowest BCUT2D eigenvalue weighted by Crippen LogP contribution is -2.24. The summed E-state index contributed by atoms with van der Waals surface area (Å²) in [7, 11) is 1.21. The largest absolute Gasteiger partial charge is 0.464 e. The summed E-state index contributed by atoms with van der Waals surface area (Å²) < 4.78 is 11.4. The fraction of sp³-hybridized carbons (Fsp3) is 0.130. The van der Waals surface area contributed by atoms with Gasteiger partial charge in [0.25, 0.3) is 0 Å². The van der Waals surface area contributed by atoms with Crippen LogP contribution in [0.25, 0.3) is 5.69 Å². The molecule has 0 aliphatic rings. The highest BCUT2D eigenvalue weighted by molar-refractivity contribution is 6.01. The number of nitrogen functional groups attached to an aromatic ring is 1. The van der Waals surface area contributed by atoms with Crippen molar-refractivity contribution in [3.8, 4) is 11.8 Å². The third kappa shape index (κ3) is 4.31. The maximum atomic E-state index is 12.4. The third-order valence-electron chi connectivity index (χ3n) is 4.64. The molecule has 0 bridgehead atoms. The van der Waals surface area contributed by atoms with E-state index in [0.29, 0.717) is 11.3 Å². The van der Waals surface area contributed by atoms with Crippen molar-refractivity contribution in [2.24, 2.45) is 0 Å². The Bertz CT molecular complexity index is 1170. The van der Waals surface area contributed by atoms with E-state index in [0.717, 1.165) is 0 Å². The van der Waals surface area contributed by atoms with Gasteiger partial charge in [0.05, 0.1) is 23.9 Å². The highest BCUT2D eigenvalue weighted by Crippen LogP contribution is 2.25. The number of benzene rings is 2. The second kappa shape index (κ2) is 8.97. The maximum absolute atomic E-state index is 12.4. The molecule has 0 saturated heterocycles. The van der Waals surface area contributed by atoms with Gasteiger partial charge in [-0.3, -0.25) is 4.79 Å². The Hall–Kier alpha value is -4.38. The molecular formula is C23H19N3O5. The van der Waals surface area contributed by atoms with Gasteiger partial charge in [0.15, 0.2) is 11.8 Å². The van der Waals surface area contributed by atoms with Crippen LogP contribution >= 0.6 is 0 Å². The summed E-state index contributed by atoms with van der Waals surface area (Å²) in [6.07, 6.45) is 0.457. The lowest BCUT2D eigenvalue weighted by atomic mass is 10.1. The van der Waals surface area contributed by atoms with Crippen LogP contribution in [0.4, 0.5) is 5.69 Å². The number of nitrogens with zero attached hydrogens (tertiary/aromatic N) is 2. The molecule has 0 fully saturated rings. The zero-order valence-corrected chi connectivity index (χ0v) is 16.9. The molecule has 1 aromatic heterocycles. The molecule has 0 radical (unpaired) electrons. The normalized spacial score (nSPS) is 11.3. The number of carbonyl (C=O) groups is 3. The van der Waals surface area contributed by atoms with Crippen molar-refractivity contribution in [2.75, 3.05) is 12.8 Å². The van der Waals surface area contributed by atoms with Crippen molar-refractivity contribution in [1.29, 1.82) is 5.26 Å². The molecule has 8 nitrogen and oxygen atoms in total. The third-order valence-corrected chi connectivity index (χ3v) is 4.64. The van der Waals surface area contributed by atoms with Gasteiger partial charge in [-0.1, -0.05) is 30.3 Å². The molecule has 2 N–H and O–H groups in total. The lowest BCUT2D eigenvalue weighted by Gasteiger charge is -2.13. The standard InChI is InChI=1S/C23H19N3O5/c1-14(21(27)15-6-4-3-5-7-15)31-22(28)16-8-10-18(11-9-16)26-13-17(12-24)19(25)20(26)23(29)30-2/h3-11,13-14H,25H2,1-2H3. The highest BCUT2D eigenvalue weighted by Gasteiger charge is 2.23. The molecule has 3 aromatic rings. The van der Waals surface area contributed by atoms with Gasteiger partial charge in [-0.05, 0) is 31.2 Å². The second-order valence-electron chi connectivity index (χ2n) is 6.60. The Morgan fingerprint density at radius 3 is 2.23 bits per heavy atom. The van der Waals surface area contributed by atoms with Crippen LogP contribution in [-0.4, -0.2) is 35.5 Å². The number of nitrogens with two attached hydrogens (primary N) is 1. The Kier molecular flexibility index (Phi) is 6.17. The first-order chi connectivity index (χ1) is 14.9. The van der Waals surface area contributed by atoms with Crippen LogP contribution in [-0.2, 0) is 9.47 Å². The van der Waals surface area contributed by atoms with Gasteiger partial charge >= 0.3 is 11.9 Å². The molecule has 0 spiro atoms. The molecule has 0 aliphatic carbocycles. The predicted octanol–water partition coefficient (Wildman–Crippen LogP) is 3.15. The molecule has 1 atom stereocenters. The number of Topliss-reactive ketones (excluding diaryl/α,β-unsaturated/α-hetero) is 1. The van der Waals surface area contributed by atoms with Gasteiger partial charge < -0.3 is 19.8 Å². The monoisotopic (exact) mass is 417 g/mol. The first kappa shape index (κ1) is 21.3. The SMILES string of the molecule is COC(=O)c1c(N)c(C#N)cn1-c1ccc(C(=O)OC(C)C(=O)c2ccccc2)cc1. The van der Waals surface area contributed by atoms with E-state index in [1.165, 1.54) is 36.9 Å². The zero-order valence-electron chi connectivity index (χ0n) is 16.9. The minimum Gasteiger partial charge on any atom is -0.464 e. The molecule has 0 saturated carbocycles. The predicted molar refractivity (Wildman–Crippen MR) is 112 cm³/mol. The molecule has 31 heavy (non-hydrogen) atoms. The smallest absolute Gasteiger partial charge is 0.357 e. The highest BCUT2D eigenvalue weighted by atomic mass is 16.5. The summed E-state index contributed by atoms with van der Waals surface area (Å²) in [5.41, 5.74) is 7.18. The van der Waals surface area contributed by atoms with Gasteiger partial charge in [0.1, 0.15) is 6.07 Å². The van der Waals surface area contributed by atoms with Crippen molar-refractivity contribution < 1.29 is 23.9 Å². The summed E-state index contributed by atoms with van der Waals surface area (Å²) in [6.45, 7) is 1.51. The van der Waals surface area contributed by atoms with Crippen molar-refractivity contribution >= 4 is 23.4 Å². The van der Waals surface area contributed by atoms with E-state index in [4.69, 9.17) is 15.2 Å². The van der Waals surface area contributed by atoms with Gasteiger partial charge in [0, 0.05) is 17.4 Å². The molecule has 3 rings (SSSR count). The first-order valence-electron chi connectivity index (χ1n) is 9.27. The second-order valence-corrected chi connectivity index (χ2v) is 6.60. The van der Waals surface area contributed by atoms with E-state index in [1.54, 1.807) is 42.5 Å². The van der Waals surface area contributed by atoms with E-state index >= 15 is 0 Å². The van der Waals surface area contributed by atoms with Crippen molar-refractivity contribution in [3.63, 3.8) is 0 Å². The fourth-order valence-corrected chi connectivity index (χ4v) is 3.00. The van der Waals surface area contributed by atoms with E-state index in [2.05, 4.69) is 0 Å². The number of methoxy groups -OCH3 is 1. The quantitative estimate of drug-likeness (QED) is 0.482. The van der Waals surface area contributed by atoms with Crippen molar-refractivity contribution in [1.82, 2.24) is 4.57 Å². The molecule has 156 valence electrons. The number of ketones is 1. The van der Waals surface area contributed by atoms with Gasteiger partial charge in [-0.25, -0.2) is 9.59 Å². The number of hydrogen-bond acceptors (Lipinski definition) is 7. The Morgan fingerprint density at radius 1 is 1.00 bits per heavy atom. The van der Waals surface area contributed by atoms with Crippen molar-refractivity contribution in [2.45, 2.75) is 13.0 Å². The van der Waals surface area contributed by atoms with E-state index in [9.17, 15) is 19.6 Å². The van der Waals surface area contributed by atoms with Crippen LogP contribution in [0, 0.1) is 11.3 Å². The minimum absolute atomic E-state index is 0.00563. The summed E-state index contributed by atoms with van der Waals surface area (Å²) >= 11 is 0. The number of ether oxygens (including phenoxy) is 2. The number of anilines is 1. The minimum atomic E-state index is -0.956. The van der Waals surface area contributed by atoms with Gasteiger partial charge in [-0.2, -0.15) is 5.26 Å². The Morgan fingerprint density at radius 2 is 1.65 bits per heavy atom. The molecule has 0 amide bonds. The average Bonchev–Trinajstić information content (AvgIpc) is 3.14. The molecular weight excluding hydrogens is 398 g/mol. The van der Waals surface area contributed by atoms with Crippen molar-refractivity contribution in [3.05, 3.63) is 83.2 Å². The number of esters is 2. The Labute approximate surface area is 178 Å². The summed E-state index contributed by atoms with van der Waals surface area (Å²) in [5, 5.41) is 9.20. The van der Waals surface area contributed by atoms with Gasteiger partial charge in [0.2, 0.25) is 5.78 Å². The maximum Gasteiger partial charge on any atom is 0.357 e. The molecule has 0 aliphatic heterocycles. The topological polar surface area (TPSA) is 124 Å². The number of nitriles is 1. The van der Waals surface area contributed by atoms with Gasteiger partial charge in [-0.15, -0.1) is 0 Å². The number of hydrogen-bond donors (Lipinski definition) is 1. The van der Waals surface area contributed by atoms with E-state index in [-0.39, 0.29) is 28.3 Å². The van der Waals surface area contributed by atoms with Crippen LogP contribution in [0.15, 0.2) is 60.8 Å². The number of aromatic nitrogens is 1. The summed E-state index contributed by atoms with van der Waals surface area (Å²) in [4.78, 5) is 36.9. The number of rotatable bonds is 6. The van der Waals surface area contributed by atoms with Crippen LogP contribution in [0.1, 0.15) is 43.7 Å². The fourth-order valence-electron chi connectivity index (χ4n) is 3.00. The summed E-state index contributed by atoms with van der Waals surface area (Å²) in [6, 6.07) is 16.6. The van der Waals surface area contributed by atoms with E-state index < -0.39 is 18.0 Å². The molecule has 2 aromatic carbocycles. The van der Waals surface area contributed by atoms with Crippen LogP contribution in [0.2, 0.25) is 0 Å². The first-order valence-corrected chi connectivity index (χ1v) is 9.27. The van der Waals surface area contributed by atoms with Crippen LogP contribution in [0.5, 0.6) is 0 Å². The number of carbonyl (C=O) groups excluding carboxylic acids is 3. The average molecular weight is 417 g/mol. The van der Waals surface area contributed by atoms with Crippen LogP contribution in [0.3, 0.4) is 0 Å². The zero-order chi connectivity index (χ0) is 22.5. The molecule has 8 heteroatoms. The Balaban J connectivity index is 1.81. The van der Waals surface area contributed by atoms with E-state index in [1.807, 2.05) is 6.07 Å². The molecule has 1 heterocycles. The summed E-state index contributed by atoms with van der Waals surface area (Å²) in [5.74, 6) is -1.67.